The first-order valence-electron chi connectivity index (χ1n) is 7.58. The molecule has 1 fully saturated rings. The number of carbonyl (C=O) groups excluding carboxylic acids is 1. The average molecular weight is 350 g/mol. The predicted octanol–water partition coefficient (Wildman–Crippen LogP) is 3.67. The van der Waals surface area contributed by atoms with Crippen LogP contribution in [-0.2, 0) is 19.5 Å². The largest absolute Gasteiger partial charge is 0.348 e. The molecule has 2 aromatic rings. The minimum Gasteiger partial charge on any atom is -0.348 e. The van der Waals surface area contributed by atoms with E-state index in [4.69, 9.17) is 0 Å². The van der Waals surface area contributed by atoms with Crippen LogP contribution in [0.3, 0.4) is 0 Å². The maximum atomic E-state index is 12.1. The third-order valence-electron chi connectivity index (χ3n) is 4.01. The Balaban J connectivity index is 1.83. The lowest BCUT2D eigenvalue weighted by atomic mass is 10.1. The second-order valence-electron chi connectivity index (χ2n) is 5.59. The van der Waals surface area contributed by atoms with Gasteiger partial charge in [0.1, 0.15) is 0 Å². The Morgan fingerprint density at radius 1 is 1.43 bits per heavy atom. The molecule has 0 saturated heterocycles. The van der Waals surface area contributed by atoms with Crippen LogP contribution < -0.4 is 0 Å². The van der Waals surface area contributed by atoms with Gasteiger partial charge in [-0.1, -0.05) is 6.92 Å². The summed E-state index contributed by atoms with van der Waals surface area (Å²) in [6, 6.07) is 1.93. The Bertz CT molecular complexity index is 667. The minimum atomic E-state index is 0.278. The fourth-order valence-corrected chi connectivity index (χ4v) is 3.30. The Hall–Kier alpha value is -1.36. The molecule has 1 aliphatic carbocycles. The third kappa shape index (κ3) is 2.84. The summed E-state index contributed by atoms with van der Waals surface area (Å²) < 4.78 is 5.20. The quantitative estimate of drug-likeness (QED) is 0.746. The molecule has 112 valence electrons. The van der Waals surface area contributed by atoms with Crippen molar-refractivity contribution >= 4 is 21.7 Å². The fraction of sp³-hybridized carbons (Fsp3) is 0.500. The normalized spacial score (nSPS) is 14.6. The summed E-state index contributed by atoms with van der Waals surface area (Å²) in [5, 5.41) is 4.61. The van der Waals surface area contributed by atoms with Gasteiger partial charge in [-0.25, -0.2) is 0 Å². The maximum absolute atomic E-state index is 12.1. The van der Waals surface area contributed by atoms with Crippen molar-refractivity contribution in [3.8, 4) is 0 Å². The molecule has 0 N–H and O–H groups in total. The van der Waals surface area contributed by atoms with Crippen molar-refractivity contribution in [2.75, 3.05) is 0 Å². The van der Waals surface area contributed by atoms with E-state index in [-0.39, 0.29) is 5.92 Å². The lowest BCUT2D eigenvalue weighted by Crippen LogP contribution is -2.07. The van der Waals surface area contributed by atoms with Crippen LogP contribution in [0.1, 0.15) is 48.4 Å². The average Bonchev–Trinajstić information content (AvgIpc) is 3.17. The molecule has 2 heterocycles. The van der Waals surface area contributed by atoms with Gasteiger partial charge < -0.3 is 4.57 Å². The monoisotopic (exact) mass is 349 g/mol. The molecule has 1 aliphatic rings. The molecule has 0 radical (unpaired) electrons. The number of aryl methyl sites for hydroxylation is 2. The number of hydrogen-bond acceptors (Lipinski definition) is 2. The van der Waals surface area contributed by atoms with Gasteiger partial charge in [-0.15, -0.1) is 0 Å². The standard InChI is InChI=1S/C16H20BrN3O/c1-3-13-15(17)14(20(4-2)18-13)10-19-8-7-12(9-19)16(21)11-5-6-11/h7-9,11H,3-6,10H2,1-2H3. The highest BCUT2D eigenvalue weighted by Gasteiger charge is 2.30. The smallest absolute Gasteiger partial charge is 0.167 e. The summed E-state index contributed by atoms with van der Waals surface area (Å²) in [6.07, 6.45) is 6.97. The molecule has 0 unspecified atom stereocenters. The summed E-state index contributed by atoms with van der Waals surface area (Å²) >= 11 is 3.67. The second kappa shape index (κ2) is 5.79. The third-order valence-corrected chi connectivity index (χ3v) is 4.92. The number of rotatable bonds is 6. The molecule has 0 aromatic carbocycles. The van der Waals surface area contributed by atoms with Gasteiger partial charge in [0.15, 0.2) is 5.78 Å². The molecule has 3 rings (SSSR count). The number of aromatic nitrogens is 3. The topological polar surface area (TPSA) is 39.8 Å². The van der Waals surface area contributed by atoms with Gasteiger partial charge in [-0.05, 0) is 48.2 Å². The van der Waals surface area contributed by atoms with Crippen LogP contribution in [0.2, 0.25) is 0 Å². The Labute approximate surface area is 133 Å². The van der Waals surface area contributed by atoms with Gasteiger partial charge in [-0.3, -0.25) is 9.48 Å². The first kappa shape index (κ1) is 14.6. The second-order valence-corrected chi connectivity index (χ2v) is 6.38. The van der Waals surface area contributed by atoms with Crippen LogP contribution in [0.25, 0.3) is 0 Å². The Morgan fingerprint density at radius 2 is 2.19 bits per heavy atom. The van der Waals surface area contributed by atoms with Gasteiger partial charge in [0, 0.05) is 30.4 Å². The highest BCUT2D eigenvalue weighted by Crippen LogP contribution is 2.32. The van der Waals surface area contributed by atoms with Crippen molar-refractivity contribution < 1.29 is 4.79 Å². The molecule has 21 heavy (non-hydrogen) atoms. The number of nitrogens with zero attached hydrogens (tertiary/aromatic N) is 3. The summed E-state index contributed by atoms with van der Waals surface area (Å²) in [6.45, 7) is 5.79. The van der Waals surface area contributed by atoms with E-state index in [9.17, 15) is 4.79 Å². The van der Waals surface area contributed by atoms with Crippen LogP contribution >= 0.6 is 15.9 Å². The predicted molar refractivity (Wildman–Crippen MR) is 85.6 cm³/mol. The van der Waals surface area contributed by atoms with E-state index in [0.29, 0.717) is 5.78 Å². The van der Waals surface area contributed by atoms with Gasteiger partial charge in [0.2, 0.25) is 0 Å². The molecule has 0 bridgehead atoms. The summed E-state index contributed by atoms with van der Waals surface area (Å²) in [7, 11) is 0. The summed E-state index contributed by atoms with van der Waals surface area (Å²) in [4.78, 5) is 12.1. The van der Waals surface area contributed by atoms with Crippen molar-refractivity contribution in [1.29, 1.82) is 0 Å². The van der Waals surface area contributed by atoms with Crippen LogP contribution in [0.15, 0.2) is 22.9 Å². The number of hydrogen-bond donors (Lipinski definition) is 0. The Kier molecular flexibility index (Phi) is 4.02. The van der Waals surface area contributed by atoms with Crippen LogP contribution in [-0.4, -0.2) is 20.1 Å². The zero-order valence-corrected chi connectivity index (χ0v) is 14.1. The van der Waals surface area contributed by atoms with Crippen LogP contribution in [0.4, 0.5) is 0 Å². The summed E-state index contributed by atoms with van der Waals surface area (Å²) in [5.74, 6) is 0.575. The van der Waals surface area contributed by atoms with Crippen LogP contribution in [0.5, 0.6) is 0 Å². The number of carbonyl (C=O) groups is 1. The first-order chi connectivity index (χ1) is 10.1. The molecule has 0 aliphatic heterocycles. The van der Waals surface area contributed by atoms with Crippen molar-refractivity contribution in [3.63, 3.8) is 0 Å². The molecule has 5 heteroatoms. The molecular weight excluding hydrogens is 330 g/mol. The van der Waals surface area contributed by atoms with Crippen molar-refractivity contribution in [2.24, 2.45) is 5.92 Å². The van der Waals surface area contributed by atoms with E-state index in [1.807, 2.05) is 23.1 Å². The maximum Gasteiger partial charge on any atom is 0.167 e. The minimum absolute atomic E-state index is 0.278. The van der Waals surface area contributed by atoms with E-state index >= 15 is 0 Å². The van der Waals surface area contributed by atoms with E-state index in [1.54, 1.807) is 0 Å². The SMILES string of the molecule is CCc1nn(CC)c(Cn2ccc(C(=O)C3CC3)c2)c1Br. The number of ketones is 1. The highest BCUT2D eigenvalue weighted by molar-refractivity contribution is 9.10. The van der Waals surface area contributed by atoms with Gasteiger partial charge in [0.25, 0.3) is 0 Å². The van der Waals surface area contributed by atoms with E-state index in [0.717, 1.165) is 53.8 Å². The molecule has 0 amide bonds. The van der Waals surface area contributed by atoms with E-state index in [1.165, 1.54) is 0 Å². The Morgan fingerprint density at radius 3 is 2.81 bits per heavy atom. The zero-order chi connectivity index (χ0) is 15.0. The van der Waals surface area contributed by atoms with E-state index in [2.05, 4.69) is 39.4 Å². The van der Waals surface area contributed by atoms with Crippen molar-refractivity contribution in [1.82, 2.24) is 14.3 Å². The summed E-state index contributed by atoms with van der Waals surface area (Å²) in [5.41, 5.74) is 3.09. The molecule has 1 saturated carbocycles. The van der Waals surface area contributed by atoms with Crippen LogP contribution in [0, 0.1) is 5.92 Å². The molecule has 4 nitrogen and oxygen atoms in total. The van der Waals surface area contributed by atoms with Gasteiger partial charge in [0.05, 0.1) is 22.4 Å². The lowest BCUT2D eigenvalue weighted by Gasteiger charge is -2.06. The molecule has 2 aromatic heterocycles. The first-order valence-corrected chi connectivity index (χ1v) is 8.37. The van der Waals surface area contributed by atoms with Gasteiger partial charge in [-0.2, -0.15) is 5.10 Å². The number of halogens is 1. The molecule has 0 spiro atoms. The lowest BCUT2D eigenvalue weighted by molar-refractivity contribution is 0.0967. The number of Topliss-reactive ketones (excluding diaryl/α,β-unsaturated/α-hetero) is 1. The van der Waals surface area contributed by atoms with E-state index < -0.39 is 0 Å². The zero-order valence-electron chi connectivity index (χ0n) is 12.5. The highest BCUT2D eigenvalue weighted by atomic mass is 79.9. The van der Waals surface area contributed by atoms with Crippen molar-refractivity contribution in [2.45, 2.75) is 46.2 Å². The van der Waals surface area contributed by atoms with Crippen molar-refractivity contribution in [3.05, 3.63) is 39.9 Å². The fourth-order valence-electron chi connectivity index (χ4n) is 2.61. The molecule has 0 atom stereocenters. The molecular formula is C16H20BrN3O. The van der Waals surface area contributed by atoms with Gasteiger partial charge >= 0.3 is 0 Å².